The van der Waals surface area contributed by atoms with Crippen LogP contribution in [0.1, 0.15) is 23.7 Å². The van der Waals surface area contributed by atoms with Gasteiger partial charge in [0.1, 0.15) is 11.5 Å². The van der Waals surface area contributed by atoms with Crippen molar-refractivity contribution < 1.29 is 9.53 Å². The molecule has 2 aromatic carbocycles. The van der Waals surface area contributed by atoms with Crippen molar-refractivity contribution in [3.05, 3.63) is 57.5 Å². The second kappa shape index (κ2) is 6.22. The zero-order valence-electron chi connectivity index (χ0n) is 10.3. The zero-order chi connectivity index (χ0) is 13.8. The van der Waals surface area contributed by atoms with E-state index in [4.69, 9.17) is 16.3 Å². The van der Waals surface area contributed by atoms with E-state index in [0.717, 1.165) is 4.47 Å². The molecule has 0 bridgehead atoms. The second-order valence-electron chi connectivity index (χ2n) is 3.95. The molecule has 0 spiro atoms. The highest BCUT2D eigenvalue weighted by molar-refractivity contribution is 9.10. The molecule has 0 heterocycles. The lowest BCUT2D eigenvalue weighted by Gasteiger charge is -2.11. The molecule has 0 atom stereocenters. The molecule has 0 saturated heterocycles. The largest absolute Gasteiger partial charge is 0.455 e. The molecule has 4 heteroatoms. The molecule has 0 aliphatic carbocycles. The van der Waals surface area contributed by atoms with E-state index in [1.54, 1.807) is 24.3 Å². The van der Waals surface area contributed by atoms with Crippen molar-refractivity contribution in [2.24, 2.45) is 0 Å². The molecule has 0 unspecified atom stereocenters. The summed E-state index contributed by atoms with van der Waals surface area (Å²) in [5.41, 5.74) is 0.573. The minimum atomic E-state index is 0.0452. The van der Waals surface area contributed by atoms with Crippen LogP contribution in [0.2, 0.25) is 5.02 Å². The highest BCUT2D eigenvalue weighted by Gasteiger charge is 2.12. The number of Topliss-reactive ketones (excluding diaryl/α,β-unsaturated/α-hetero) is 1. The van der Waals surface area contributed by atoms with E-state index in [0.29, 0.717) is 28.5 Å². The van der Waals surface area contributed by atoms with Crippen LogP contribution in [-0.2, 0) is 0 Å². The van der Waals surface area contributed by atoms with E-state index in [9.17, 15) is 4.79 Å². The highest BCUT2D eigenvalue weighted by Crippen LogP contribution is 2.33. The van der Waals surface area contributed by atoms with Gasteiger partial charge in [-0.1, -0.05) is 46.6 Å². The van der Waals surface area contributed by atoms with Crippen LogP contribution < -0.4 is 4.74 Å². The number of ketones is 1. The number of halogens is 2. The molecule has 0 radical (unpaired) electrons. The maximum atomic E-state index is 11.8. The molecule has 0 fully saturated rings. The van der Waals surface area contributed by atoms with Gasteiger partial charge < -0.3 is 4.74 Å². The SMILES string of the molecule is CCC(=O)c1ccccc1Oc1ccc(Br)cc1Cl. The van der Waals surface area contributed by atoms with Gasteiger partial charge in [0.15, 0.2) is 5.78 Å². The van der Waals surface area contributed by atoms with Gasteiger partial charge in [-0.05, 0) is 30.3 Å². The first-order valence-corrected chi connectivity index (χ1v) is 7.04. The average Bonchev–Trinajstić information content (AvgIpc) is 2.41. The Morgan fingerprint density at radius 3 is 2.63 bits per heavy atom. The molecule has 0 aromatic heterocycles. The number of rotatable bonds is 4. The third-order valence-electron chi connectivity index (χ3n) is 2.62. The monoisotopic (exact) mass is 338 g/mol. The lowest BCUT2D eigenvalue weighted by atomic mass is 10.1. The Bertz CT molecular complexity index is 611. The Kier molecular flexibility index (Phi) is 4.61. The third-order valence-corrected chi connectivity index (χ3v) is 3.41. The van der Waals surface area contributed by atoms with Crippen molar-refractivity contribution in [1.29, 1.82) is 0 Å². The Labute approximate surface area is 125 Å². The first-order chi connectivity index (χ1) is 9.11. The smallest absolute Gasteiger partial charge is 0.166 e. The first-order valence-electron chi connectivity index (χ1n) is 5.87. The first kappa shape index (κ1) is 14.1. The Balaban J connectivity index is 2.35. The summed E-state index contributed by atoms with van der Waals surface area (Å²) in [6.45, 7) is 1.83. The summed E-state index contributed by atoms with van der Waals surface area (Å²) in [5.74, 6) is 1.10. The van der Waals surface area contributed by atoms with Gasteiger partial charge in [0.25, 0.3) is 0 Å². The van der Waals surface area contributed by atoms with Crippen LogP contribution in [0.15, 0.2) is 46.9 Å². The van der Waals surface area contributed by atoms with E-state index in [1.165, 1.54) is 0 Å². The average molecular weight is 340 g/mol. The number of carbonyl (C=O) groups excluding carboxylic acids is 1. The van der Waals surface area contributed by atoms with Gasteiger partial charge in [-0.25, -0.2) is 0 Å². The molecular weight excluding hydrogens is 328 g/mol. The molecule has 19 heavy (non-hydrogen) atoms. The van der Waals surface area contributed by atoms with E-state index in [-0.39, 0.29) is 5.78 Å². The van der Waals surface area contributed by atoms with E-state index in [1.807, 2.05) is 25.1 Å². The Morgan fingerprint density at radius 1 is 1.21 bits per heavy atom. The predicted molar refractivity (Wildman–Crippen MR) is 80.3 cm³/mol. The molecule has 0 N–H and O–H groups in total. The molecule has 98 valence electrons. The number of hydrogen-bond donors (Lipinski definition) is 0. The molecule has 0 aliphatic heterocycles. The maximum absolute atomic E-state index is 11.8. The van der Waals surface area contributed by atoms with Crippen LogP contribution in [0.5, 0.6) is 11.5 Å². The van der Waals surface area contributed by atoms with E-state index < -0.39 is 0 Å². The van der Waals surface area contributed by atoms with E-state index in [2.05, 4.69) is 15.9 Å². The topological polar surface area (TPSA) is 26.3 Å². The van der Waals surface area contributed by atoms with Gasteiger partial charge in [-0.3, -0.25) is 4.79 Å². The summed E-state index contributed by atoms with van der Waals surface area (Å²) >= 11 is 9.44. The van der Waals surface area contributed by atoms with Crippen LogP contribution in [0.25, 0.3) is 0 Å². The van der Waals surface area contributed by atoms with Crippen LogP contribution in [-0.4, -0.2) is 5.78 Å². The third kappa shape index (κ3) is 3.37. The van der Waals surface area contributed by atoms with Crippen LogP contribution in [0, 0.1) is 0 Å². The fourth-order valence-electron chi connectivity index (χ4n) is 1.65. The summed E-state index contributed by atoms with van der Waals surface area (Å²) in [4.78, 5) is 11.8. The standard InChI is InChI=1S/C15H12BrClO2/c1-2-13(18)11-5-3-4-6-14(11)19-15-8-7-10(16)9-12(15)17/h3-9H,2H2,1H3. The fraction of sp³-hybridized carbons (Fsp3) is 0.133. The quantitative estimate of drug-likeness (QED) is 0.689. The number of hydrogen-bond acceptors (Lipinski definition) is 2. The van der Waals surface area contributed by atoms with E-state index >= 15 is 0 Å². The van der Waals surface area contributed by atoms with Crippen molar-refractivity contribution in [2.45, 2.75) is 13.3 Å². The van der Waals surface area contributed by atoms with Crippen molar-refractivity contribution in [3.63, 3.8) is 0 Å². The zero-order valence-corrected chi connectivity index (χ0v) is 12.7. The van der Waals surface area contributed by atoms with Crippen LogP contribution in [0.3, 0.4) is 0 Å². The van der Waals surface area contributed by atoms with Crippen molar-refractivity contribution >= 4 is 33.3 Å². The molecular formula is C15H12BrClO2. The summed E-state index contributed by atoms with van der Waals surface area (Å²) in [6.07, 6.45) is 0.439. The molecule has 0 amide bonds. The predicted octanol–water partition coefficient (Wildman–Crippen LogP) is 5.49. The molecule has 0 aliphatic rings. The Hall–Kier alpha value is -1.32. The summed E-state index contributed by atoms with van der Waals surface area (Å²) in [5, 5.41) is 0.494. The van der Waals surface area contributed by atoms with Gasteiger partial charge in [0, 0.05) is 10.9 Å². The van der Waals surface area contributed by atoms with Gasteiger partial charge >= 0.3 is 0 Å². The minimum Gasteiger partial charge on any atom is -0.455 e. The van der Waals surface area contributed by atoms with Gasteiger partial charge in [-0.15, -0.1) is 0 Å². The highest BCUT2D eigenvalue weighted by atomic mass is 79.9. The molecule has 2 aromatic rings. The second-order valence-corrected chi connectivity index (χ2v) is 5.27. The van der Waals surface area contributed by atoms with Crippen LogP contribution in [0.4, 0.5) is 0 Å². The Morgan fingerprint density at radius 2 is 1.95 bits per heavy atom. The molecule has 0 saturated carbocycles. The number of para-hydroxylation sites is 1. The van der Waals surface area contributed by atoms with Gasteiger partial charge in [0.05, 0.1) is 10.6 Å². The lowest BCUT2D eigenvalue weighted by Crippen LogP contribution is -1.99. The summed E-state index contributed by atoms with van der Waals surface area (Å²) in [7, 11) is 0. The number of benzene rings is 2. The summed E-state index contributed by atoms with van der Waals surface area (Å²) < 4.78 is 6.62. The van der Waals surface area contributed by atoms with Crippen molar-refractivity contribution in [2.75, 3.05) is 0 Å². The molecule has 2 nitrogen and oxygen atoms in total. The van der Waals surface area contributed by atoms with Gasteiger partial charge in [0.2, 0.25) is 0 Å². The molecule has 2 rings (SSSR count). The number of ether oxygens (including phenoxy) is 1. The lowest BCUT2D eigenvalue weighted by molar-refractivity contribution is 0.0986. The maximum Gasteiger partial charge on any atom is 0.166 e. The van der Waals surface area contributed by atoms with Crippen molar-refractivity contribution in [3.8, 4) is 11.5 Å². The number of carbonyl (C=O) groups is 1. The van der Waals surface area contributed by atoms with Gasteiger partial charge in [-0.2, -0.15) is 0 Å². The normalized spacial score (nSPS) is 10.3. The minimum absolute atomic E-state index is 0.0452. The summed E-state index contributed by atoms with van der Waals surface area (Å²) in [6, 6.07) is 12.5. The van der Waals surface area contributed by atoms with Crippen molar-refractivity contribution in [1.82, 2.24) is 0 Å². The fourth-order valence-corrected chi connectivity index (χ4v) is 2.36. The van der Waals surface area contributed by atoms with Crippen LogP contribution >= 0.6 is 27.5 Å².